The average Bonchev–Trinajstić information content (AvgIpc) is 3.23. The van der Waals surface area contributed by atoms with E-state index < -0.39 is 0 Å². The van der Waals surface area contributed by atoms with Crippen molar-refractivity contribution in [3.8, 4) is 11.8 Å². The van der Waals surface area contributed by atoms with Gasteiger partial charge in [-0.25, -0.2) is 15.0 Å². The molecule has 1 saturated heterocycles. The number of morpholine rings is 1. The van der Waals surface area contributed by atoms with Gasteiger partial charge in [0.25, 0.3) is 0 Å². The molecule has 3 heterocycles. The van der Waals surface area contributed by atoms with Crippen LogP contribution in [0.5, 0.6) is 0 Å². The third-order valence-electron chi connectivity index (χ3n) is 4.81. The van der Waals surface area contributed by atoms with Crippen molar-refractivity contribution in [3.63, 3.8) is 0 Å². The van der Waals surface area contributed by atoms with Crippen LogP contribution in [0, 0.1) is 11.3 Å². The summed E-state index contributed by atoms with van der Waals surface area (Å²) in [4.78, 5) is 17.1. The smallest absolute Gasteiger partial charge is 0.158 e. The number of likely N-dealkylation sites (N-methyl/N-ethyl adjacent to an activating group) is 1. The summed E-state index contributed by atoms with van der Waals surface area (Å²) in [5, 5.41) is 11.9. The van der Waals surface area contributed by atoms with Crippen molar-refractivity contribution < 1.29 is 4.74 Å². The van der Waals surface area contributed by atoms with Crippen LogP contribution in [0.3, 0.4) is 0 Å². The first-order valence-corrected chi connectivity index (χ1v) is 9.75. The molecule has 1 aliphatic heterocycles. The lowest BCUT2D eigenvalue weighted by Gasteiger charge is -2.35. The van der Waals surface area contributed by atoms with E-state index in [2.05, 4.69) is 62.4 Å². The molecule has 30 heavy (non-hydrogen) atoms. The van der Waals surface area contributed by atoms with E-state index in [1.807, 2.05) is 22.9 Å². The van der Waals surface area contributed by atoms with E-state index in [1.165, 1.54) is 18.1 Å². The monoisotopic (exact) mass is 404 g/mol. The normalized spacial score (nSPS) is 16.5. The van der Waals surface area contributed by atoms with Crippen LogP contribution in [0.1, 0.15) is 5.69 Å². The summed E-state index contributed by atoms with van der Waals surface area (Å²) in [7, 11) is 4.13. The zero-order valence-electron chi connectivity index (χ0n) is 17.1. The summed E-state index contributed by atoms with van der Waals surface area (Å²) >= 11 is 0. The van der Waals surface area contributed by atoms with Gasteiger partial charge in [0.15, 0.2) is 5.69 Å². The van der Waals surface area contributed by atoms with Crippen molar-refractivity contribution in [2.75, 3.05) is 50.6 Å². The van der Waals surface area contributed by atoms with E-state index in [0.717, 1.165) is 31.9 Å². The van der Waals surface area contributed by atoms with Crippen molar-refractivity contribution in [1.29, 1.82) is 5.26 Å². The van der Waals surface area contributed by atoms with Crippen LogP contribution in [0.2, 0.25) is 0 Å². The maximum atomic E-state index is 8.82. The molecule has 4 rings (SSSR count). The Bertz CT molecular complexity index is 1020. The van der Waals surface area contributed by atoms with Gasteiger partial charge in [-0.2, -0.15) is 5.26 Å². The number of rotatable bonds is 6. The number of nitrogens with zero attached hydrogens (tertiary/aromatic N) is 7. The molecule has 1 aromatic carbocycles. The highest BCUT2D eigenvalue weighted by Crippen LogP contribution is 2.22. The number of anilines is 3. The zero-order valence-corrected chi connectivity index (χ0v) is 17.1. The Hall–Kier alpha value is -3.48. The summed E-state index contributed by atoms with van der Waals surface area (Å²) in [5.41, 5.74) is 2.47. The first kappa shape index (κ1) is 19.8. The number of benzene rings is 1. The second kappa shape index (κ2) is 8.90. The van der Waals surface area contributed by atoms with Gasteiger partial charge in [-0.1, -0.05) is 6.07 Å². The molecular weight excluding hydrogens is 380 g/mol. The summed E-state index contributed by atoms with van der Waals surface area (Å²) < 4.78 is 7.85. The molecule has 1 aliphatic rings. The Morgan fingerprint density at radius 3 is 2.83 bits per heavy atom. The molecule has 9 heteroatoms. The predicted octanol–water partition coefficient (Wildman–Crippen LogP) is 2.04. The van der Waals surface area contributed by atoms with Gasteiger partial charge in [0.05, 0.1) is 31.3 Å². The topological polar surface area (TPSA) is 95.1 Å². The van der Waals surface area contributed by atoms with Crippen LogP contribution in [-0.2, 0) is 4.74 Å². The Morgan fingerprint density at radius 1 is 1.20 bits per heavy atom. The quantitative estimate of drug-likeness (QED) is 0.667. The molecule has 2 aromatic heterocycles. The van der Waals surface area contributed by atoms with E-state index >= 15 is 0 Å². The van der Waals surface area contributed by atoms with E-state index in [0.29, 0.717) is 11.6 Å². The largest absolute Gasteiger partial charge is 0.373 e. The molecule has 0 bridgehead atoms. The van der Waals surface area contributed by atoms with Gasteiger partial charge in [0.2, 0.25) is 0 Å². The molecule has 1 N–H and O–H groups in total. The highest BCUT2D eigenvalue weighted by Gasteiger charge is 2.21. The number of imidazole rings is 1. The molecule has 1 fully saturated rings. The van der Waals surface area contributed by atoms with E-state index in [-0.39, 0.29) is 11.8 Å². The van der Waals surface area contributed by atoms with Crippen LogP contribution < -0.4 is 10.2 Å². The Kier molecular flexibility index (Phi) is 5.88. The number of nitrogens with one attached hydrogen (secondary N) is 1. The second-order valence-electron chi connectivity index (χ2n) is 7.41. The molecule has 1 atom stereocenters. The Morgan fingerprint density at radius 2 is 2.07 bits per heavy atom. The minimum Gasteiger partial charge on any atom is -0.373 e. The van der Waals surface area contributed by atoms with Gasteiger partial charge in [-0.3, -0.25) is 0 Å². The first-order chi connectivity index (χ1) is 14.6. The molecule has 0 radical (unpaired) electrons. The molecule has 1 unspecified atom stereocenters. The Labute approximate surface area is 175 Å². The highest BCUT2D eigenvalue weighted by atomic mass is 16.5. The van der Waals surface area contributed by atoms with E-state index in [9.17, 15) is 0 Å². The molecular formula is C21H24N8O. The lowest BCUT2D eigenvalue weighted by atomic mass is 10.2. The lowest BCUT2D eigenvalue weighted by Crippen LogP contribution is -2.46. The summed E-state index contributed by atoms with van der Waals surface area (Å²) in [6.45, 7) is 3.38. The second-order valence-corrected chi connectivity index (χ2v) is 7.41. The summed E-state index contributed by atoms with van der Waals surface area (Å²) in [6, 6.07) is 10.3. The summed E-state index contributed by atoms with van der Waals surface area (Å²) in [6.07, 6.45) is 6.80. The maximum absolute atomic E-state index is 8.82. The average molecular weight is 404 g/mol. The van der Waals surface area contributed by atoms with Crippen molar-refractivity contribution in [1.82, 2.24) is 24.4 Å². The minimum atomic E-state index is 0.204. The van der Waals surface area contributed by atoms with Gasteiger partial charge < -0.3 is 24.4 Å². The Balaban J connectivity index is 1.47. The van der Waals surface area contributed by atoms with Crippen LogP contribution in [0.25, 0.3) is 5.69 Å². The lowest BCUT2D eigenvalue weighted by molar-refractivity contribution is 0.0248. The van der Waals surface area contributed by atoms with Crippen LogP contribution in [0.4, 0.5) is 17.3 Å². The number of ether oxygens (including phenoxy) is 1. The summed E-state index contributed by atoms with van der Waals surface area (Å²) in [5.74, 6) is 1.19. The van der Waals surface area contributed by atoms with Crippen LogP contribution in [0.15, 0.2) is 49.2 Å². The standard InChI is InChI=1S/C21H24N8O/c1-27(2)12-19-13-28(6-7-30-19)17-4-3-5-18(8-17)29-14-21(25-15-29)26-20-11-23-16(9-22)10-24-20/h3-5,8,10-11,14-15,19H,6-7,12-13H2,1-2H3,(H,24,26). The molecule has 0 spiro atoms. The molecule has 0 aliphatic carbocycles. The molecule has 9 nitrogen and oxygen atoms in total. The fraction of sp³-hybridized carbons (Fsp3) is 0.333. The van der Waals surface area contributed by atoms with Gasteiger partial charge in [0, 0.05) is 31.0 Å². The number of hydrogen-bond acceptors (Lipinski definition) is 8. The van der Waals surface area contributed by atoms with Gasteiger partial charge in [-0.05, 0) is 32.3 Å². The fourth-order valence-corrected chi connectivity index (χ4v) is 3.43. The zero-order chi connectivity index (χ0) is 20.9. The third kappa shape index (κ3) is 4.74. The van der Waals surface area contributed by atoms with Crippen molar-refractivity contribution >= 4 is 17.3 Å². The fourth-order valence-electron chi connectivity index (χ4n) is 3.43. The van der Waals surface area contributed by atoms with Crippen LogP contribution >= 0.6 is 0 Å². The third-order valence-corrected chi connectivity index (χ3v) is 4.81. The van der Waals surface area contributed by atoms with Crippen LogP contribution in [-0.4, -0.2) is 70.9 Å². The van der Waals surface area contributed by atoms with Crippen molar-refractivity contribution in [2.24, 2.45) is 0 Å². The highest BCUT2D eigenvalue weighted by molar-refractivity contribution is 5.55. The van der Waals surface area contributed by atoms with Gasteiger partial charge >= 0.3 is 0 Å². The maximum Gasteiger partial charge on any atom is 0.158 e. The molecule has 3 aromatic rings. The number of nitriles is 1. The number of hydrogen-bond donors (Lipinski definition) is 1. The minimum absolute atomic E-state index is 0.204. The molecule has 0 saturated carbocycles. The predicted molar refractivity (Wildman–Crippen MR) is 114 cm³/mol. The molecule has 154 valence electrons. The van der Waals surface area contributed by atoms with E-state index in [4.69, 9.17) is 10.00 Å². The first-order valence-electron chi connectivity index (χ1n) is 9.75. The van der Waals surface area contributed by atoms with Gasteiger partial charge in [0.1, 0.15) is 24.0 Å². The SMILES string of the molecule is CN(C)CC1CN(c2cccc(-n3cnc(Nc4cnc(C#N)cn4)c3)c2)CCO1. The van der Waals surface area contributed by atoms with Crippen molar-refractivity contribution in [3.05, 3.63) is 54.9 Å². The van der Waals surface area contributed by atoms with Gasteiger partial charge in [-0.15, -0.1) is 0 Å². The molecule has 0 amide bonds. The number of aromatic nitrogens is 4. The van der Waals surface area contributed by atoms with Crippen molar-refractivity contribution in [2.45, 2.75) is 6.10 Å². The van der Waals surface area contributed by atoms with E-state index in [1.54, 1.807) is 6.33 Å².